The van der Waals surface area contributed by atoms with Crippen molar-refractivity contribution in [2.75, 3.05) is 6.61 Å². The molecule has 136 valence electrons. The quantitative estimate of drug-likeness (QED) is 0.462. The summed E-state index contributed by atoms with van der Waals surface area (Å²) in [5.41, 5.74) is 1.32. The molecule has 0 unspecified atom stereocenters. The number of nitrogens with one attached hydrogen (secondary N) is 1. The Labute approximate surface area is 150 Å². The largest absolute Gasteiger partial charge is 0.464 e. The molecule has 0 saturated carbocycles. The van der Waals surface area contributed by atoms with Crippen LogP contribution in [0.2, 0.25) is 0 Å². The Morgan fingerprint density at radius 2 is 1.96 bits per heavy atom. The van der Waals surface area contributed by atoms with Gasteiger partial charge in [0.2, 0.25) is 0 Å². The molecule has 0 aliphatic carbocycles. The zero-order valence-corrected chi connectivity index (χ0v) is 14.5. The van der Waals surface area contributed by atoms with E-state index in [0.29, 0.717) is 5.56 Å². The summed E-state index contributed by atoms with van der Waals surface area (Å²) in [6, 6.07) is 6.57. The van der Waals surface area contributed by atoms with Gasteiger partial charge < -0.3 is 10.1 Å². The Bertz CT molecular complexity index is 808. The number of rotatable bonds is 7. The van der Waals surface area contributed by atoms with E-state index in [0.717, 1.165) is 5.56 Å². The Hall–Kier alpha value is -3.29. The summed E-state index contributed by atoms with van der Waals surface area (Å²) >= 11 is 0. The van der Waals surface area contributed by atoms with Crippen LogP contribution in [-0.4, -0.2) is 34.4 Å². The number of aromatic nitrogens is 1. The van der Waals surface area contributed by atoms with Crippen LogP contribution in [0.4, 0.5) is 5.69 Å². The molecule has 1 aromatic heterocycles. The lowest BCUT2D eigenvalue weighted by Gasteiger charge is -2.18. The summed E-state index contributed by atoms with van der Waals surface area (Å²) in [4.78, 5) is 39.1. The molecule has 0 saturated heterocycles. The second kappa shape index (κ2) is 8.70. The number of hydrogen-bond acceptors (Lipinski definition) is 6. The van der Waals surface area contributed by atoms with E-state index in [1.807, 2.05) is 0 Å². The molecule has 2 aromatic rings. The predicted molar refractivity (Wildman–Crippen MR) is 93.7 cm³/mol. The molecule has 8 heteroatoms. The second-order valence-corrected chi connectivity index (χ2v) is 5.59. The molecule has 1 amide bonds. The van der Waals surface area contributed by atoms with Gasteiger partial charge >= 0.3 is 5.97 Å². The molecule has 0 aliphatic heterocycles. The van der Waals surface area contributed by atoms with E-state index in [1.54, 1.807) is 38.4 Å². The Morgan fingerprint density at radius 1 is 1.27 bits per heavy atom. The van der Waals surface area contributed by atoms with Crippen LogP contribution in [-0.2, 0) is 16.0 Å². The van der Waals surface area contributed by atoms with Crippen molar-refractivity contribution in [2.24, 2.45) is 0 Å². The van der Waals surface area contributed by atoms with Crippen molar-refractivity contribution >= 4 is 17.6 Å². The monoisotopic (exact) mass is 357 g/mol. The van der Waals surface area contributed by atoms with Crippen LogP contribution in [0, 0.1) is 17.0 Å². The maximum atomic E-state index is 12.6. The normalized spacial score (nSPS) is 11.5. The molecular formula is C18H19N3O5. The summed E-state index contributed by atoms with van der Waals surface area (Å²) in [6.45, 7) is 3.52. The summed E-state index contributed by atoms with van der Waals surface area (Å²) in [6.07, 6.45) is 3.40. The Balaban J connectivity index is 2.24. The number of nitrogens with zero attached hydrogens (tertiary/aromatic N) is 2. The highest BCUT2D eigenvalue weighted by molar-refractivity contribution is 5.98. The van der Waals surface area contributed by atoms with Gasteiger partial charge in [-0.15, -0.1) is 0 Å². The van der Waals surface area contributed by atoms with Crippen LogP contribution in [0.5, 0.6) is 0 Å². The van der Waals surface area contributed by atoms with E-state index >= 15 is 0 Å². The molecule has 8 nitrogen and oxygen atoms in total. The number of carbonyl (C=O) groups is 2. The number of esters is 1. The summed E-state index contributed by atoms with van der Waals surface area (Å²) in [7, 11) is 0. The van der Waals surface area contributed by atoms with Gasteiger partial charge in [-0.05, 0) is 37.1 Å². The standard InChI is InChI=1S/C18H19N3O5/c1-3-26-18(23)16(10-13-6-8-19-9-7-13)20-17(22)15-11-14(21(24)25)5-4-12(15)2/h4-9,11,16H,3,10H2,1-2H3,(H,20,22)/t16-/m0/s1. The van der Waals surface area contributed by atoms with Crippen molar-refractivity contribution in [3.63, 3.8) is 0 Å². The van der Waals surface area contributed by atoms with Crippen molar-refractivity contribution in [2.45, 2.75) is 26.3 Å². The topological polar surface area (TPSA) is 111 Å². The maximum absolute atomic E-state index is 12.6. The van der Waals surface area contributed by atoms with Crippen LogP contribution < -0.4 is 5.32 Å². The highest BCUT2D eigenvalue weighted by Crippen LogP contribution is 2.17. The number of benzene rings is 1. The van der Waals surface area contributed by atoms with E-state index in [4.69, 9.17) is 4.74 Å². The number of ether oxygens (including phenoxy) is 1. The summed E-state index contributed by atoms with van der Waals surface area (Å²) in [5, 5.41) is 13.6. The minimum absolute atomic E-state index is 0.142. The summed E-state index contributed by atoms with van der Waals surface area (Å²) < 4.78 is 5.03. The van der Waals surface area contributed by atoms with Crippen LogP contribution >= 0.6 is 0 Å². The van der Waals surface area contributed by atoms with Crippen molar-refractivity contribution in [3.05, 3.63) is 69.5 Å². The molecule has 1 heterocycles. The molecule has 0 bridgehead atoms. The van der Waals surface area contributed by atoms with Gasteiger partial charge in [-0.25, -0.2) is 4.79 Å². The molecule has 1 atom stereocenters. The molecule has 2 rings (SSSR count). The van der Waals surface area contributed by atoms with Gasteiger partial charge in [0.1, 0.15) is 6.04 Å². The molecule has 0 radical (unpaired) electrons. The zero-order valence-electron chi connectivity index (χ0n) is 14.5. The van der Waals surface area contributed by atoms with E-state index in [-0.39, 0.29) is 24.3 Å². The first-order valence-electron chi connectivity index (χ1n) is 8.03. The number of pyridine rings is 1. The van der Waals surface area contributed by atoms with Gasteiger partial charge in [-0.3, -0.25) is 19.9 Å². The van der Waals surface area contributed by atoms with Gasteiger partial charge in [0.15, 0.2) is 0 Å². The average molecular weight is 357 g/mol. The van der Waals surface area contributed by atoms with Crippen molar-refractivity contribution in [3.8, 4) is 0 Å². The minimum Gasteiger partial charge on any atom is -0.464 e. The summed E-state index contributed by atoms with van der Waals surface area (Å²) in [5.74, 6) is -1.14. The molecule has 0 aliphatic rings. The lowest BCUT2D eigenvalue weighted by atomic mass is 10.0. The van der Waals surface area contributed by atoms with Crippen LogP contribution in [0.25, 0.3) is 0 Å². The van der Waals surface area contributed by atoms with E-state index in [9.17, 15) is 19.7 Å². The molecule has 0 spiro atoms. The maximum Gasteiger partial charge on any atom is 0.328 e. The number of aryl methyl sites for hydroxylation is 1. The van der Waals surface area contributed by atoms with E-state index < -0.39 is 22.8 Å². The molecule has 26 heavy (non-hydrogen) atoms. The third kappa shape index (κ3) is 4.85. The number of nitro benzene ring substituents is 1. The van der Waals surface area contributed by atoms with Crippen LogP contribution in [0.3, 0.4) is 0 Å². The number of nitro groups is 1. The van der Waals surface area contributed by atoms with Gasteiger partial charge in [0.05, 0.1) is 11.5 Å². The Morgan fingerprint density at radius 3 is 2.58 bits per heavy atom. The van der Waals surface area contributed by atoms with Crippen LogP contribution in [0.1, 0.15) is 28.4 Å². The first kappa shape index (κ1) is 19.0. The molecule has 1 aromatic carbocycles. The highest BCUT2D eigenvalue weighted by atomic mass is 16.6. The fourth-order valence-electron chi connectivity index (χ4n) is 2.39. The van der Waals surface area contributed by atoms with Crippen molar-refractivity contribution in [1.29, 1.82) is 0 Å². The fraction of sp³-hybridized carbons (Fsp3) is 0.278. The number of carbonyl (C=O) groups excluding carboxylic acids is 2. The molecular weight excluding hydrogens is 338 g/mol. The third-order valence-electron chi connectivity index (χ3n) is 3.74. The SMILES string of the molecule is CCOC(=O)[C@H](Cc1ccncc1)NC(=O)c1cc([N+](=O)[O-])ccc1C. The highest BCUT2D eigenvalue weighted by Gasteiger charge is 2.24. The van der Waals surface area contributed by atoms with E-state index in [1.165, 1.54) is 18.2 Å². The lowest BCUT2D eigenvalue weighted by molar-refractivity contribution is -0.384. The molecule has 1 N–H and O–H groups in total. The average Bonchev–Trinajstić information content (AvgIpc) is 2.62. The number of non-ortho nitro benzene ring substituents is 1. The van der Waals surface area contributed by atoms with Gasteiger partial charge in [0, 0.05) is 36.5 Å². The van der Waals surface area contributed by atoms with Gasteiger partial charge in [-0.2, -0.15) is 0 Å². The fourth-order valence-corrected chi connectivity index (χ4v) is 2.39. The van der Waals surface area contributed by atoms with Crippen LogP contribution in [0.15, 0.2) is 42.7 Å². The second-order valence-electron chi connectivity index (χ2n) is 5.59. The predicted octanol–water partition coefficient (Wildman–Crippen LogP) is 2.20. The zero-order chi connectivity index (χ0) is 19.1. The lowest BCUT2D eigenvalue weighted by Crippen LogP contribution is -2.43. The number of amides is 1. The van der Waals surface area contributed by atoms with Gasteiger partial charge in [0.25, 0.3) is 11.6 Å². The first-order valence-corrected chi connectivity index (χ1v) is 8.03. The molecule has 0 fully saturated rings. The van der Waals surface area contributed by atoms with Crippen molar-refractivity contribution in [1.82, 2.24) is 10.3 Å². The van der Waals surface area contributed by atoms with Gasteiger partial charge in [-0.1, -0.05) is 6.07 Å². The smallest absolute Gasteiger partial charge is 0.328 e. The van der Waals surface area contributed by atoms with E-state index in [2.05, 4.69) is 10.3 Å². The Kier molecular flexibility index (Phi) is 6.37. The number of hydrogen-bond donors (Lipinski definition) is 1. The minimum atomic E-state index is -0.913. The third-order valence-corrected chi connectivity index (χ3v) is 3.74. The van der Waals surface area contributed by atoms with Crippen molar-refractivity contribution < 1.29 is 19.2 Å². The first-order chi connectivity index (χ1) is 12.4.